The lowest BCUT2D eigenvalue weighted by Crippen LogP contribution is -2.40. The molecule has 0 spiro atoms. The average molecular weight is 432 g/mol. The first-order chi connectivity index (χ1) is 12.0. The zero-order valence-electron chi connectivity index (χ0n) is 14.7. The summed E-state index contributed by atoms with van der Waals surface area (Å²) in [7, 11) is -1.61. The van der Waals surface area contributed by atoms with Crippen LogP contribution in [0.2, 0.25) is 0 Å². The Balaban J connectivity index is 1.98. The van der Waals surface area contributed by atoms with Gasteiger partial charge in [-0.15, -0.1) is 0 Å². The van der Waals surface area contributed by atoms with Gasteiger partial charge in [-0.05, 0) is 37.6 Å². The average Bonchev–Trinajstić information content (AvgIpc) is 3.03. The van der Waals surface area contributed by atoms with Crippen LogP contribution in [0.25, 0.3) is 0 Å². The smallest absolute Gasteiger partial charge is 0.193 e. The lowest BCUT2D eigenvalue weighted by atomic mass is 10.1. The summed E-state index contributed by atoms with van der Waals surface area (Å²) in [6.45, 7) is 5.55. The van der Waals surface area contributed by atoms with Crippen molar-refractivity contribution in [1.82, 2.24) is 10.2 Å². The molecule has 0 aliphatic carbocycles. The highest BCUT2D eigenvalue weighted by molar-refractivity contribution is 9.10. The van der Waals surface area contributed by atoms with Gasteiger partial charge in [-0.1, -0.05) is 15.9 Å². The summed E-state index contributed by atoms with van der Waals surface area (Å²) in [6, 6.07) is 6.70. The third-order valence-corrected chi connectivity index (χ3v) is 6.36. The maximum Gasteiger partial charge on any atom is 0.193 e. The minimum absolute atomic E-state index is 0.00112. The summed E-state index contributed by atoms with van der Waals surface area (Å²) >= 11 is 3.32. The summed E-state index contributed by atoms with van der Waals surface area (Å²) in [5.41, 5.74) is 0. The molecule has 1 atom stereocenters. The van der Waals surface area contributed by atoms with Gasteiger partial charge < -0.3 is 15.0 Å². The fraction of sp³-hybridized carbons (Fsp3) is 0.588. The Kier molecular flexibility index (Phi) is 7.71. The zero-order chi connectivity index (χ0) is 18.3. The van der Waals surface area contributed by atoms with E-state index in [1.54, 1.807) is 31.4 Å². The lowest BCUT2D eigenvalue weighted by molar-refractivity contribution is 0.157. The number of guanidine groups is 1. The van der Waals surface area contributed by atoms with Crippen molar-refractivity contribution in [3.05, 3.63) is 28.7 Å². The molecule has 1 heterocycles. The van der Waals surface area contributed by atoms with E-state index >= 15 is 0 Å². The Morgan fingerprint density at radius 3 is 2.76 bits per heavy atom. The fourth-order valence-electron chi connectivity index (χ4n) is 2.85. The minimum atomic E-state index is -3.32. The van der Waals surface area contributed by atoms with Crippen molar-refractivity contribution in [2.75, 3.05) is 45.6 Å². The summed E-state index contributed by atoms with van der Waals surface area (Å²) in [4.78, 5) is 7.03. The topological polar surface area (TPSA) is 71.0 Å². The van der Waals surface area contributed by atoms with Crippen LogP contribution in [0.15, 0.2) is 38.6 Å². The van der Waals surface area contributed by atoms with Gasteiger partial charge in [-0.3, -0.25) is 4.99 Å². The maximum atomic E-state index is 12.4. The molecule has 1 N–H and O–H groups in total. The largest absolute Gasteiger partial charge is 0.384 e. The van der Waals surface area contributed by atoms with Crippen molar-refractivity contribution in [1.29, 1.82) is 0 Å². The number of methoxy groups -OCH3 is 1. The quantitative estimate of drug-likeness (QED) is 0.528. The van der Waals surface area contributed by atoms with Crippen LogP contribution < -0.4 is 5.32 Å². The number of sulfone groups is 1. The number of rotatable bonds is 7. The van der Waals surface area contributed by atoms with E-state index in [2.05, 4.69) is 31.1 Å². The molecule has 1 aliphatic rings. The first-order valence-corrected chi connectivity index (χ1v) is 10.9. The second-order valence-corrected chi connectivity index (χ2v) is 9.09. The van der Waals surface area contributed by atoms with Gasteiger partial charge in [0.2, 0.25) is 0 Å². The van der Waals surface area contributed by atoms with Crippen molar-refractivity contribution in [2.45, 2.75) is 18.2 Å². The number of ether oxygens (including phenoxy) is 1. The number of aliphatic imine (C=N–C) groups is 1. The van der Waals surface area contributed by atoms with Crippen molar-refractivity contribution in [3.63, 3.8) is 0 Å². The van der Waals surface area contributed by atoms with Gasteiger partial charge in [0.05, 0.1) is 23.8 Å². The third kappa shape index (κ3) is 5.97. The highest BCUT2D eigenvalue weighted by atomic mass is 79.9. The van der Waals surface area contributed by atoms with Gasteiger partial charge >= 0.3 is 0 Å². The molecule has 1 aliphatic heterocycles. The summed E-state index contributed by atoms with van der Waals surface area (Å²) in [5.74, 6) is 1.28. The van der Waals surface area contributed by atoms with Crippen molar-refractivity contribution >= 4 is 31.7 Å². The Bertz CT molecular complexity index is 677. The molecule has 140 valence electrons. The fourth-order valence-corrected chi connectivity index (χ4v) is 4.24. The summed E-state index contributed by atoms with van der Waals surface area (Å²) < 4.78 is 30.9. The molecule has 0 aromatic heterocycles. The van der Waals surface area contributed by atoms with E-state index in [4.69, 9.17) is 4.74 Å². The van der Waals surface area contributed by atoms with Crippen molar-refractivity contribution < 1.29 is 13.2 Å². The highest BCUT2D eigenvalue weighted by Crippen LogP contribution is 2.17. The Hall–Kier alpha value is -1.12. The highest BCUT2D eigenvalue weighted by Gasteiger charge is 2.24. The predicted molar refractivity (Wildman–Crippen MR) is 104 cm³/mol. The van der Waals surface area contributed by atoms with Gasteiger partial charge in [0, 0.05) is 37.1 Å². The van der Waals surface area contributed by atoms with Crippen molar-refractivity contribution in [3.8, 4) is 0 Å². The van der Waals surface area contributed by atoms with Crippen LogP contribution in [0.4, 0.5) is 0 Å². The molecule has 1 aromatic carbocycles. The van der Waals surface area contributed by atoms with Crippen LogP contribution in [0.3, 0.4) is 0 Å². The first-order valence-electron chi connectivity index (χ1n) is 8.46. The monoisotopic (exact) mass is 431 g/mol. The van der Waals surface area contributed by atoms with Crippen LogP contribution in [0, 0.1) is 5.92 Å². The first kappa shape index (κ1) is 20.2. The molecule has 6 nitrogen and oxygen atoms in total. The Morgan fingerprint density at radius 1 is 1.40 bits per heavy atom. The second kappa shape index (κ2) is 9.54. The standard InChI is InChI=1S/C17H26BrN3O3S/c1-3-19-17(21-10-8-14(12-21)13-24-2)20-9-11-25(22,23)16-6-4-15(18)5-7-16/h4-7,14H,3,8-13H2,1-2H3,(H,19,20). The van der Waals surface area contributed by atoms with Gasteiger partial charge in [-0.2, -0.15) is 0 Å². The van der Waals surface area contributed by atoms with E-state index in [0.29, 0.717) is 10.8 Å². The number of benzene rings is 1. The molecule has 2 rings (SSSR count). The number of hydrogen-bond donors (Lipinski definition) is 1. The Labute approximate surface area is 158 Å². The molecule has 1 fully saturated rings. The van der Waals surface area contributed by atoms with E-state index < -0.39 is 9.84 Å². The number of nitrogens with one attached hydrogen (secondary N) is 1. The van der Waals surface area contributed by atoms with E-state index in [1.165, 1.54) is 0 Å². The van der Waals surface area contributed by atoms with Gasteiger partial charge in [-0.25, -0.2) is 8.42 Å². The molecule has 1 unspecified atom stereocenters. The van der Waals surface area contributed by atoms with E-state index in [-0.39, 0.29) is 12.3 Å². The SMILES string of the molecule is CCNC(=NCCS(=O)(=O)c1ccc(Br)cc1)N1CCC(COC)C1. The molecular formula is C17H26BrN3O3S. The molecule has 8 heteroatoms. The summed E-state index contributed by atoms with van der Waals surface area (Å²) in [6.07, 6.45) is 1.06. The molecule has 25 heavy (non-hydrogen) atoms. The van der Waals surface area contributed by atoms with Gasteiger partial charge in [0.25, 0.3) is 0 Å². The molecule has 0 radical (unpaired) electrons. The summed E-state index contributed by atoms with van der Waals surface area (Å²) in [5, 5.41) is 3.25. The van der Waals surface area contributed by atoms with Crippen LogP contribution >= 0.6 is 15.9 Å². The normalized spacial score (nSPS) is 18.6. The number of hydrogen-bond acceptors (Lipinski definition) is 4. The lowest BCUT2D eigenvalue weighted by Gasteiger charge is -2.21. The van der Waals surface area contributed by atoms with E-state index in [1.807, 2.05) is 6.92 Å². The van der Waals surface area contributed by atoms with E-state index in [0.717, 1.165) is 43.1 Å². The number of likely N-dealkylation sites (tertiary alicyclic amines) is 1. The van der Waals surface area contributed by atoms with Gasteiger partial charge in [0.1, 0.15) is 0 Å². The van der Waals surface area contributed by atoms with Crippen LogP contribution in [-0.2, 0) is 14.6 Å². The minimum Gasteiger partial charge on any atom is -0.384 e. The zero-order valence-corrected chi connectivity index (χ0v) is 17.1. The van der Waals surface area contributed by atoms with E-state index in [9.17, 15) is 8.42 Å². The third-order valence-electron chi connectivity index (χ3n) is 4.12. The molecule has 1 aromatic rings. The van der Waals surface area contributed by atoms with Crippen molar-refractivity contribution in [2.24, 2.45) is 10.9 Å². The van der Waals surface area contributed by atoms with Gasteiger partial charge in [0.15, 0.2) is 15.8 Å². The molecular weight excluding hydrogens is 406 g/mol. The van der Waals surface area contributed by atoms with Crippen LogP contribution in [0.5, 0.6) is 0 Å². The predicted octanol–water partition coefficient (Wildman–Crippen LogP) is 2.16. The Morgan fingerprint density at radius 2 is 2.12 bits per heavy atom. The molecule has 0 amide bonds. The van der Waals surface area contributed by atoms with Crippen LogP contribution in [-0.4, -0.2) is 64.9 Å². The maximum absolute atomic E-state index is 12.4. The number of halogens is 1. The molecule has 0 bridgehead atoms. The number of nitrogens with zero attached hydrogens (tertiary/aromatic N) is 2. The second-order valence-electron chi connectivity index (χ2n) is 6.06. The van der Waals surface area contributed by atoms with Crippen LogP contribution in [0.1, 0.15) is 13.3 Å². The molecule has 1 saturated heterocycles. The molecule has 0 saturated carbocycles.